The summed E-state index contributed by atoms with van der Waals surface area (Å²) in [6.07, 6.45) is 3.81. The minimum Gasteiger partial charge on any atom is -0.314 e. The van der Waals surface area contributed by atoms with E-state index in [1.807, 2.05) is 11.8 Å². The monoisotopic (exact) mass is 265 g/mol. The Morgan fingerprint density at radius 3 is 2.44 bits per heavy atom. The lowest BCUT2D eigenvalue weighted by Crippen LogP contribution is -2.26. The van der Waals surface area contributed by atoms with Crippen molar-refractivity contribution in [3.05, 3.63) is 17.0 Å². The summed E-state index contributed by atoms with van der Waals surface area (Å²) in [5, 5.41) is 5.17. The summed E-state index contributed by atoms with van der Waals surface area (Å²) >= 11 is 1.86. The Balaban J connectivity index is 1.98. The van der Waals surface area contributed by atoms with Crippen LogP contribution < -0.4 is 5.32 Å². The van der Waals surface area contributed by atoms with Gasteiger partial charge in [0.15, 0.2) is 5.16 Å². The van der Waals surface area contributed by atoms with E-state index in [9.17, 15) is 0 Å². The van der Waals surface area contributed by atoms with E-state index in [-0.39, 0.29) is 0 Å². The fourth-order valence-corrected chi connectivity index (χ4v) is 3.72. The summed E-state index contributed by atoms with van der Waals surface area (Å²) in [6.45, 7) is 9.49. The molecule has 0 radical (unpaired) electrons. The number of nitrogens with zero attached hydrogens (tertiary/aromatic N) is 2. The Hall–Kier alpha value is -0.610. The van der Waals surface area contributed by atoms with E-state index in [1.54, 1.807) is 0 Å². The fourth-order valence-electron chi connectivity index (χ4n) is 2.46. The molecule has 1 fully saturated rings. The molecule has 1 aromatic rings. The molecule has 4 heteroatoms. The van der Waals surface area contributed by atoms with E-state index in [4.69, 9.17) is 0 Å². The van der Waals surface area contributed by atoms with Crippen molar-refractivity contribution in [1.82, 2.24) is 15.3 Å². The SMILES string of the molecule is CCNC1CCC(Sc2nc(C)c(C)c(C)n2)C1. The second-order valence-corrected chi connectivity index (χ2v) is 6.38. The van der Waals surface area contributed by atoms with Crippen LogP contribution in [0.5, 0.6) is 0 Å². The van der Waals surface area contributed by atoms with Crippen LogP contribution in [0.1, 0.15) is 43.1 Å². The van der Waals surface area contributed by atoms with Gasteiger partial charge < -0.3 is 5.32 Å². The van der Waals surface area contributed by atoms with Crippen molar-refractivity contribution in [2.45, 2.75) is 63.4 Å². The molecule has 0 spiro atoms. The Labute approximate surface area is 114 Å². The quantitative estimate of drug-likeness (QED) is 0.849. The number of nitrogens with one attached hydrogen (secondary N) is 1. The minimum atomic E-state index is 0.676. The number of hydrogen-bond donors (Lipinski definition) is 1. The number of aromatic nitrogens is 2. The normalized spacial score (nSPS) is 23.6. The highest BCUT2D eigenvalue weighted by Gasteiger charge is 2.25. The van der Waals surface area contributed by atoms with Gasteiger partial charge in [0, 0.05) is 22.7 Å². The number of thioether (sulfide) groups is 1. The van der Waals surface area contributed by atoms with Gasteiger partial charge in [-0.05, 0) is 52.1 Å². The Morgan fingerprint density at radius 2 is 1.83 bits per heavy atom. The molecule has 3 nitrogen and oxygen atoms in total. The van der Waals surface area contributed by atoms with Gasteiger partial charge in [-0.25, -0.2) is 9.97 Å². The first-order valence-electron chi connectivity index (χ1n) is 6.82. The molecule has 0 bridgehead atoms. The molecule has 2 unspecified atom stereocenters. The molecule has 18 heavy (non-hydrogen) atoms. The van der Waals surface area contributed by atoms with Crippen LogP contribution in [0.15, 0.2) is 5.16 Å². The zero-order valence-electron chi connectivity index (χ0n) is 11.8. The van der Waals surface area contributed by atoms with Crippen LogP contribution >= 0.6 is 11.8 Å². The largest absolute Gasteiger partial charge is 0.314 e. The average Bonchev–Trinajstić information content (AvgIpc) is 2.74. The zero-order valence-corrected chi connectivity index (χ0v) is 12.6. The molecule has 1 aliphatic rings. The highest BCUT2D eigenvalue weighted by atomic mass is 32.2. The van der Waals surface area contributed by atoms with Crippen LogP contribution in [0.25, 0.3) is 0 Å². The topological polar surface area (TPSA) is 37.8 Å². The first kappa shape index (κ1) is 13.8. The molecule has 2 rings (SSSR count). The highest BCUT2D eigenvalue weighted by molar-refractivity contribution is 7.99. The fraction of sp³-hybridized carbons (Fsp3) is 0.714. The number of rotatable bonds is 4. The molecule has 1 N–H and O–H groups in total. The van der Waals surface area contributed by atoms with E-state index in [1.165, 1.54) is 24.8 Å². The van der Waals surface area contributed by atoms with Gasteiger partial charge in [-0.1, -0.05) is 18.7 Å². The Morgan fingerprint density at radius 1 is 1.17 bits per heavy atom. The van der Waals surface area contributed by atoms with Crippen molar-refractivity contribution in [3.8, 4) is 0 Å². The molecule has 0 aliphatic heterocycles. The van der Waals surface area contributed by atoms with Crippen LogP contribution in [0, 0.1) is 20.8 Å². The molecule has 1 aliphatic carbocycles. The molecular formula is C14H23N3S. The molecule has 0 saturated heterocycles. The molecule has 100 valence electrons. The minimum absolute atomic E-state index is 0.676. The standard InChI is InChI=1S/C14H23N3S/c1-5-15-12-6-7-13(8-12)18-14-16-10(3)9(2)11(4)17-14/h12-13,15H,5-8H2,1-4H3. The first-order valence-corrected chi connectivity index (χ1v) is 7.70. The number of hydrogen-bond acceptors (Lipinski definition) is 4. The third kappa shape index (κ3) is 3.23. The van der Waals surface area contributed by atoms with Crippen molar-refractivity contribution in [2.75, 3.05) is 6.54 Å². The third-order valence-corrected chi connectivity index (χ3v) is 4.92. The van der Waals surface area contributed by atoms with E-state index in [0.717, 1.165) is 23.1 Å². The van der Waals surface area contributed by atoms with Crippen LogP contribution in [-0.2, 0) is 0 Å². The van der Waals surface area contributed by atoms with Gasteiger partial charge >= 0.3 is 0 Å². The average molecular weight is 265 g/mol. The summed E-state index contributed by atoms with van der Waals surface area (Å²) in [5.41, 5.74) is 3.45. The highest BCUT2D eigenvalue weighted by Crippen LogP contribution is 2.33. The molecular weight excluding hydrogens is 242 g/mol. The van der Waals surface area contributed by atoms with Crippen molar-refractivity contribution in [1.29, 1.82) is 0 Å². The second-order valence-electron chi connectivity index (χ2n) is 5.11. The summed E-state index contributed by atoms with van der Waals surface area (Å²) < 4.78 is 0. The lowest BCUT2D eigenvalue weighted by atomic mass is 10.2. The molecule has 1 aromatic heterocycles. The first-order chi connectivity index (χ1) is 8.60. The predicted molar refractivity (Wildman–Crippen MR) is 77.2 cm³/mol. The number of aryl methyl sites for hydroxylation is 2. The van der Waals surface area contributed by atoms with Gasteiger partial charge in [0.1, 0.15) is 0 Å². The van der Waals surface area contributed by atoms with Crippen molar-refractivity contribution >= 4 is 11.8 Å². The van der Waals surface area contributed by atoms with Crippen LogP contribution in [0.3, 0.4) is 0 Å². The zero-order chi connectivity index (χ0) is 13.1. The van der Waals surface area contributed by atoms with Gasteiger partial charge in [0.25, 0.3) is 0 Å². The maximum absolute atomic E-state index is 4.60. The van der Waals surface area contributed by atoms with Crippen LogP contribution in [0.4, 0.5) is 0 Å². The summed E-state index contributed by atoms with van der Waals surface area (Å²) in [4.78, 5) is 9.20. The predicted octanol–water partition coefficient (Wildman–Crippen LogP) is 3.02. The summed E-state index contributed by atoms with van der Waals surface area (Å²) in [5.74, 6) is 0. The third-order valence-electron chi connectivity index (χ3n) is 3.76. The second kappa shape index (κ2) is 6.02. The van der Waals surface area contributed by atoms with E-state index >= 15 is 0 Å². The van der Waals surface area contributed by atoms with Crippen molar-refractivity contribution in [3.63, 3.8) is 0 Å². The van der Waals surface area contributed by atoms with E-state index in [2.05, 4.69) is 43.0 Å². The summed E-state index contributed by atoms with van der Waals surface area (Å²) in [7, 11) is 0. The molecule has 2 atom stereocenters. The molecule has 1 heterocycles. The van der Waals surface area contributed by atoms with Gasteiger partial charge in [0.05, 0.1) is 0 Å². The lowest BCUT2D eigenvalue weighted by molar-refractivity contribution is 0.543. The van der Waals surface area contributed by atoms with Gasteiger partial charge in [0.2, 0.25) is 0 Å². The maximum atomic E-state index is 4.60. The van der Waals surface area contributed by atoms with Crippen molar-refractivity contribution < 1.29 is 0 Å². The Kier molecular flexibility index (Phi) is 4.62. The molecule has 1 saturated carbocycles. The van der Waals surface area contributed by atoms with Gasteiger partial charge in [-0.15, -0.1) is 0 Å². The van der Waals surface area contributed by atoms with Crippen LogP contribution in [-0.4, -0.2) is 27.8 Å². The van der Waals surface area contributed by atoms with Gasteiger partial charge in [-0.2, -0.15) is 0 Å². The Bertz CT molecular complexity index is 396. The van der Waals surface area contributed by atoms with Crippen molar-refractivity contribution in [2.24, 2.45) is 0 Å². The van der Waals surface area contributed by atoms with Crippen LogP contribution in [0.2, 0.25) is 0 Å². The smallest absolute Gasteiger partial charge is 0.188 e. The maximum Gasteiger partial charge on any atom is 0.188 e. The van der Waals surface area contributed by atoms with Gasteiger partial charge in [-0.3, -0.25) is 0 Å². The van der Waals surface area contributed by atoms with E-state index in [0.29, 0.717) is 11.3 Å². The molecule has 0 amide bonds. The molecule has 0 aromatic carbocycles. The lowest BCUT2D eigenvalue weighted by Gasteiger charge is -2.12. The summed E-state index contributed by atoms with van der Waals surface area (Å²) in [6, 6.07) is 0.695. The van der Waals surface area contributed by atoms with E-state index < -0.39 is 0 Å².